The van der Waals surface area contributed by atoms with E-state index in [1.807, 2.05) is 0 Å². The zero-order chi connectivity index (χ0) is 22.8. The van der Waals surface area contributed by atoms with Gasteiger partial charge in [-0.1, -0.05) is 57.9 Å². The second-order valence-electron chi connectivity index (χ2n) is 13.2. The van der Waals surface area contributed by atoms with E-state index in [0.717, 1.165) is 30.1 Å². The van der Waals surface area contributed by atoms with Crippen LogP contribution in [0.15, 0.2) is 23.3 Å². The second-order valence-corrected chi connectivity index (χ2v) is 13.2. The molecule has 2 heteroatoms. The van der Waals surface area contributed by atoms with Crippen LogP contribution >= 0.6 is 0 Å². The average Bonchev–Trinajstić information content (AvgIpc) is 3.03. The summed E-state index contributed by atoms with van der Waals surface area (Å²) in [5.74, 6) is 3.90. The fourth-order valence-corrected chi connectivity index (χ4v) is 9.35. The highest BCUT2D eigenvalue weighted by Gasteiger charge is 2.62. The molecule has 3 saturated carbocycles. The first-order valence-electron chi connectivity index (χ1n) is 13.1. The molecular weight excluding hydrogens is 380 g/mol. The number of hydrogen-bond donors (Lipinski definition) is 2. The topological polar surface area (TPSA) is 40.5 Å². The summed E-state index contributed by atoms with van der Waals surface area (Å²) >= 11 is 0. The number of rotatable bonds is 4. The van der Waals surface area contributed by atoms with E-state index in [4.69, 9.17) is 0 Å². The molecule has 9 atom stereocenters. The number of aliphatic hydroxyl groups is 2. The van der Waals surface area contributed by atoms with Gasteiger partial charge in [0.2, 0.25) is 0 Å². The van der Waals surface area contributed by atoms with Gasteiger partial charge < -0.3 is 10.2 Å². The van der Waals surface area contributed by atoms with Crippen LogP contribution in [0.5, 0.6) is 0 Å². The Hall–Kier alpha value is -0.600. The summed E-state index contributed by atoms with van der Waals surface area (Å²) < 4.78 is 0. The van der Waals surface area contributed by atoms with Crippen LogP contribution in [0, 0.1) is 45.8 Å². The molecule has 0 amide bonds. The molecule has 3 fully saturated rings. The van der Waals surface area contributed by atoms with Crippen LogP contribution in [-0.4, -0.2) is 22.4 Å². The van der Waals surface area contributed by atoms with Gasteiger partial charge in [0.1, 0.15) is 0 Å². The van der Waals surface area contributed by atoms with Crippen LogP contribution in [0.2, 0.25) is 0 Å². The van der Waals surface area contributed by atoms with Crippen molar-refractivity contribution in [3.05, 3.63) is 23.3 Å². The first kappa shape index (κ1) is 23.6. The molecule has 0 aromatic carbocycles. The number of fused-ring (bicyclic) bond motifs is 5. The molecule has 176 valence electrons. The standard InChI is InChI=1S/C29H48O2/c1-18(2)9-8-10-19(3)21-12-13-22-20-11-14-25-27(4,5)26(31)24(30)17-29(25,7)23(20)15-16-28(21,22)6/h9,14,19-24,26,30-31H,8,10-13,15-17H2,1-7H3/t19-,20+,21-,22+,23+,24-,26-,28-,29-/m1/s1. The molecule has 4 aliphatic carbocycles. The molecule has 0 bridgehead atoms. The third-order valence-corrected chi connectivity index (χ3v) is 10.8. The Kier molecular flexibility index (Phi) is 6.09. The summed E-state index contributed by atoms with van der Waals surface area (Å²) in [7, 11) is 0. The van der Waals surface area contributed by atoms with Crippen LogP contribution in [0.3, 0.4) is 0 Å². The van der Waals surface area contributed by atoms with Gasteiger partial charge in [0.15, 0.2) is 0 Å². The lowest BCUT2D eigenvalue weighted by molar-refractivity contribution is -0.126. The molecular formula is C29H48O2. The highest BCUT2D eigenvalue weighted by Crippen LogP contribution is 2.68. The van der Waals surface area contributed by atoms with E-state index in [1.54, 1.807) is 0 Å². The monoisotopic (exact) mass is 428 g/mol. The maximum Gasteiger partial charge on any atom is 0.0887 e. The Bertz CT molecular complexity index is 744. The number of allylic oxidation sites excluding steroid dienone is 3. The van der Waals surface area contributed by atoms with Gasteiger partial charge in [-0.25, -0.2) is 0 Å². The molecule has 2 nitrogen and oxygen atoms in total. The quantitative estimate of drug-likeness (QED) is 0.477. The summed E-state index contributed by atoms with van der Waals surface area (Å²) in [6.07, 6.45) is 13.6. The average molecular weight is 429 g/mol. The van der Waals surface area contributed by atoms with Gasteiger partial charge in [0, 0.05) is 5.41 Å². The molecule has 0 aliphatic heterocycles. The molecule has 2 N–H and O–H groups in total. The zero-order valence-corrected chi connectivity index (χ0v) is 21.2. The third kappa shape index (κ3) is 3.59. The SMILES string of the molecule is CC(C)=CCC[C@@H](C)[C@H]1CC[C@H]2[C@@H]3CC=C4C(C)(C)[C@H](O)[C@H](O)C[C@]4(C)[C@H]3CC[C@]12C. The van der Waals surface area contributed by atoms with E-state index in [9.17, 15) is 10.2 Å². The first-order valence-corrected chi connectivity index (χ1v) is 13.1. The van der Waals surface area contributed by atoms with E-state index in [0.29, 0.717) is 11.3 Å². The van der Waals surface area contributed by atoms with Crippen molar-refractivity contribution < 1.29 is 10.2 Å². The largest absolute Gasteiger partial charge is 0.390 e. The molecule has 0 saturated heterocycles. The molecule has 0 spiro atoms. The van der Waals surface area contributed by atoms with Gasteiger partial charge in [0.05, 0.1) is 12.2 Å². The highest BCUT2D eigenvalue weighted by atomic mass is 16.3. The van der Waals surface area contributed by atoms with Gasteiger partial charge in [-0.05, 0) is 106 Å². The smallest absolute Gasteiger partial charge is 0.0887 e. The van der Waals surface area contributed by atoms with E-state index < -0.39 is 12.2 Å². The van der Waals surface area contributed by atoms with Crippen LogP contribution in [0.4, 0.5) is 0 Å². The first-order chi connectivity index (χ1) is 14.4. The molecule has 0 aromatic rings. The van der Waals surface area contributed by atoms with Crippen molar-refractivity contribution in [1.82, 2.24) is 0 Å². The molecule has 4 rings (SSSR count). The van der Waals surface area contributed by atoms with Gasteiger partial charge in [-0.15, -0.1) is 0 Å². The fourth-order valence-electron chi connectivity index (χ4n) is 9.35. The minimum Gasteiger partial charge on any atom is -0.390 e. The second kappa shape index (κ2) is 8.01. The van der Waals surface area contributed by atoms with E-state index in [2.05, 4.69) is 60.6 Å². The minimum absolute atomic E-state index is 0.0412. The van der Waals surface area contributed by atoms with Gasteiger partial charge in [-0.3, -0.25) is 0 Å². The lowest BCUT2D eigenvalue weighted by Crippen LogP contribution is -2.58. The predicted molar refractivity (Wildman–Crippen MR) is 130 cm³/mol. The normalized spacial score (nSPS) is 46.9. The van der Waals surface area contributed by atoms with Crippen molar-refractivity contribution in [3.63, 3.8) is 0 Å². The number of aliphatic hydroxyl groups excluding tert-OH is 2. The molecule has 0 unspecified atom stereocenters. The Labute approximate surface area is 191 Å². The lowest BCUT2D eigenvalue weighted by atomic mass is 9.44. The molecule has 0 radical (unpaired) electrons. The minimum atomic E-state index is -0.644. The Morgan fingerprint density at radius 3 is 2.48 bits per heavy atom. The Morgan fingerprint density at radius 2 is 1.81 bits per heavy atom. The van der Waals surface area contributed by atoms with Crippen molar-refractivity contribution in [1.29, 1.82) is 0 Å². The van der Waals surface area contributed by atoms with Crippen LogP contribution in [0.1, 0.15) is 99.8 Å². The van der Waals surface area contributed by atoms with Gasteiger partial charge >= 0.3 is 0 Å². The summed E-state index contributed by atoms with van der Waals surface area (Å²) in [6.45, 7) is 16.3. The Balaban J connectivity index is 1.58. The molecule has 0 aromatic heterocycles. The molecule has 31 heavy (non-hydrogen) atoms. The lowest BCUT2D eigenvalue weighted by Gasteiger charge is -2.62. The third-order valence-electron chi connectivity index (χ3n) is 10.8. The van der Waals surface area contributed by atoms with E-state index in [-0.39, 0.29) is 10.8 Å². The van der Waals surface area contributed by atoms with Crippen molar-refractivity contribution >= 4 is 0 Å². The predicted octanol–water partition coefficient (Wildman–Crippen LogP) is 6.92. The zero-order valence-electron chi connectivity index (χ0n) is 21.2. The molecule has 0 heterocycles. The van der Waals surface area contributed by atoms with Crippen molar-refractivity contribution in [2.45, 2.75) is 112 Å². The Morgan fingerprint density at radius 1 is 1.10 bits per heavy atom. The van der Waals surface area contributed by atoms with Crippen LogP contribution in [-0.2, 0) is 0 Å². The molecule has 4 aliphatic rings. The summed E-state index contributed by atoms with van der Waals surface area (Å²) in [5, 5.41) is 21.6. The van der Waals surface area contributed by atoms with Crippen molar-refractivity contribution in [3.8, 4) is 0 Å². The van der Waals surface area contributed by atoms with E-state index in [1.165, 1.54) is 56.1 Å². The van der Waals surface area contributed by atoms with Crippen LogP contribution < -0.4 is 0 Å². The highest BCUT2D eigenvalue weighted by molar-refractivity contribution is 5.32. The van der Waals surface area contributed by atoms with E-state index >= 15 is 0 Å². The maximum absolute atomic E-state index is 10.8. The fraction of sp³-hybridized carbons (Fsp3) is 0.862. The maximum atomic E-state index is 10.8. The number of hydrogen-bond acceptors (Lipinski definition) is 2. The van der Waals surface area contributed by atoms with Crippen molar-refractivity contribution in [2.75, 3.05) is 0 Å². The van der Waals surface area contributed by atoms with Gasteiger partial charge in [0.25, 0.3) is 0 Å². The summed E-state index contributed by atoms with van der Waals surface area (Å²) in [6, 6.07) is 0. The van der Waals surface area contributed by atoms with Crippen molar-refractivity contribution in [2.24, 2.45) is 45.8 Å². The van der Waals surface area contributed by atoms with Gasteiger partial charge in [-0.2, -0.15) is 0 Å². The van der Waals surface area contributed by atoms with Crippen LogP contribution in [0.25, 0.3) is 0 Å². The summed E-state index contributed by atoms with van der Waals surface area (Å²) in [5.41, 5.74) is 3.08. The summed E-state index contributed by atoms with van der Waals surface area (Å²) in [4.78, 5) is 0.